The van der Waals surface area contributed by atoms with Crippen LogP contribution in [-0.2, 0) is 6.42 Å². The number of alkyl halides is 1. The fraction of sp³-hybridized carbons (Fsp3) is 0.500. The van der Waals surface area contributed by atoms with Gasteiger partial charge in [-0.1, -0.05) is 17.7 Å². The molecular weight excluding hydrogens is 212 g/mol. The molecule has 1 unspecified atom stereocenters. The Morgan fingerprint density at radius 2 is 2.07 bits per heavy atom. The maximum Gasteiger partial charge on any atom is 0.125 e. The predicted molar refractivity (Wildman–Crippen MR) is 62.9 cm³/mol. The van der Waals surface area contributed by atoms with Crippen LogP contribution < -0.4 is 4.74 Å². The van der Waals surface area contributed by atoms with Crippen LogP contribution in [0.2, 0.25) is 0 Å². The first-order valence-electron chi connectivity index (χ1n) is 4.96. The molecule has 84 valence electrons. The van der Waals surface area contributed by atoms with E-state index in [-0.39, 0.29) is 5.88 Å². The monoisotopic (exact) mass is 228 g/mol. The Morgan fingerprint density at radius 3 is 2.60 bits per heavy atom. The van der Waals surface area contributed by atoms with Crippen molar-refractivity contribution in [3.63, 3.8) is 0 Å². The summed E-state index contributed by atoms with van der Waals surface area (Å²) in [6.07, 6.45) is 0.0246. The zero-order valence-electron chi connectivity index (χ0n) is 9.38. The number of hydrogen-bond donors (Lipinski definition) is 1. The van der Waals surface area contributed by atoms with Crippen molar-refractivity contribution in [1.82, 2.24) is 0 Å². The van der Waals surface area contributed by atoms with Gasteiger partial charge >= 0.3 is 0 Å². The lowest BCUT2D eigenvalue weighted by Crippen LogP contribution is -2.13. The molecule has 0 aliphatic heterocycles. The average molecular weight is 229 g/mol. The minimum absolute atomic E-state index is 0.246. The molecule has 1 N–H and O–H groups in total. The summed E-state index contributed by atoms with van der Waals surface area (Å²) >= 11 is 5.59. The van der Waals surface area contributed by atoms with Gasteiger partial charge in [0.25, 0.3) is 0 Å². The van der Waals surface area contributed by atoms with Gasteiger partial charge in [-0.3, -0.25) is 0 Å². The molecule has 0 saturated carbocycles. The Labute approximate surface area is 95.8 Å². The predicted octanol–water partition coefficient (Wildman–Crippen LogP) is 2.45. The van der Waals surface area contributed by atoms with Crippen molar-refractivity contribution in [3.05, 3.63) is 28.8 Å². The SMILES string of the molecule is COc1c(C)cc(C)cc1CC(O)CCl. The highest BCUT2D eigenvalue weighted by atomic mass is 35.5. The van der Waals surface area contributed by atoms with E-state index in [0.29, 0.717) is 6.42 Å². The molecule has 0 radical (unpaired) electrons. The van der Waals surface area contributed by atoms with Crippen molar-refractivity contribution < 1.29 is 9.84 Å². The second-order valence-electron chi connectivity index (χ2n) is 3.79. The molecule has 0 saturated heterocycles. The minimum Gasteiger partial charge on any atom is -0.496 e. The average Bonchev–Trinajstić information content (AvgIpc) is 2.17. The van der Waals surface area contributed by atoms with Crippen LogP contribution in [0.4, 0.5) is 0 Å². The van der Waals surface area contributed by atoms with E-state index in [1.807, 2.05) is 19.9 Å². The Hall–Kier alpha value is -0.730. The Kier molecular flexibility index (Phi) is 4.43. The van der Waals surface area contributed by atoms with Crippen molar-refractivity contribution in [3.8, 4) is 5.75 Å². The van der Waals surface area contributed by atoms with Gasteiger partial charge in [0.05, 0.1) is 13.2 Å². The van der Waals surface area contributed by atoms with E-state index in [4.69, 9.17) is 16.3 Å². The van der Waals surface area contributed by atoms with Crippen molar-refractivity contribution in [2.45, 2.75) is 26.4 Å². The maximum atomic E-state index is 9.53. The van der Waals surface area contributed by atoms with Gasteiger partial charge in [-0.2, -0.15) is 0 Å². The van der Waals surface area contributed by atoms with Gasteiger partial charge in [0.15, 0.2) is 0 Å². The molecule has 0 spiro atoms. The highest BCUT2D eigenvalue weighted by Crippen LogP contribution is 2.26. The van der Waals surface area contributed by atoms with Crippen LogP contribution in [0.5, 0.6) is 5.75 Å². The smallest absolute Gasteiger partial charge is 0.125 e. The first kappa shape index (κ1) is 12.3. The van der Waals surface area contributed by atoms with E-state index in [1.54, 1.807) is 7.11 Å². The van der Waals surface area contributed by atoms with Gasteiger partial charge in [0.2, 0.25) is 0 Å². The van der Waals surface area contributed by atoms with E-state index in [9.17, 15) is 5.11 Å². The summed E-state index contributed by atoms with van der Waals surface area (Å²) in [5.41, 5.74) is 3.28. The zero-order chi connectivity index (χ0) is 11.4. The number of rotatable bonds is 4. The molecule has 0 aliphatic carbocycles. The van der Waals surface area contributed by atoms with E-state index >= 15 is 0 Å². The molecule has 15 heavy (non-hydrogen) atoms. The number of hydrogen-bond acceptors (Lipinski definition) is 2. The van der Waals surface area contributed by atoms with E-state index in [0.717, 1.165) is 16.9 Å². The molecule has 0 bridgehead atoms. The van der Waals surface area contributed by atoms with E-state index in [1.165, 1.54) is 5.56 Å². The third kappa shape index (κ3) is 3.11. The van der Waals surface area contributed by atoms with E-state index < -0.39 is 6.10 Å². The molecule has 2 nitrogen and oxygen atoms in total. The minimum atomic E-state index is -0.512. The number of aliphatic hydroxyl groups excluding tert-OH is 1. The molecule has 1 atom stereocenters. The Bertz CT molecular complexity index is 337. The summed E-state index contributed by atoms with van der Waals surface area (Å²) in [6, 6.07) is 4.09. The second kappa shape index (κ2) is 5.38. The normalized spacial score (nSPS) is 12.6. The summed E-state index contributed by atoms with van der Waals surface area (Å²) in [4.78, 5) is 0. The first-order valence-corrected chi connectivity index (χ1v) is 5.50. The number of aryl methyl sites for hydroxylation is 2. The summed E-state index contributed by atoms with van der Waals surface area (Å²) < 4.78 is 5.32. The fourth-order valence-electron chi connectivity index (χ4n) is 1.79. The van der Waals surface area contributed by atoms with Crippen molar-refractivity contribution in [1.29, 1.82) is 0 Å². The van der Waals surface area contributed by atoms with Crippen LogP contribution in [0.25, 0.3) is 0 Å². The van der Waals surface area contributed by atoms with Crippen LogP contribution in [0.15, 0.2) is 12.1 Å². The Morgan fingerprint density at radius 1 is 1.40 bits per heavy atom. The van der Waals surface area contributed by atoms with Crippen molar-refractivity contribution in [2.24, 2.45) is 0 Å². The summed E-state index contributed by atoms with van der Waals surface area (Å²) in [5, 5.41) is 9.53. The molecule has 0 aliphatic rings. The van der Waals surface area contributed by atoms with Gasteiger partial charge < -0.3 is 9.84 Å². The van der Waals surface area contributed by atoms with Gasteiger partial charge in [0.1, 0.15) is 5.75 Å². The first-order chi connectivity index (χ1) is 7.08. The zero-order valence-corrected chi connectivity index (χ0v) is 10.1. The quantitative estimate of drug-likeness (QED) is 0.803. The van der Waals surface area contributed by atoms with Gasteiger partial charge in [-0.25, -0.2) is 0 Å². The van der Waals surface area contributed by atoms with Gasteiger partial charge in [0, 0.05) is 12.3 Å². The lowest BCUT2D eigenvalue weighted by Gasteiger charge is -2.14. The largest absolute Gasteiger partial charge is 0.496 e. The Balaban J connectivity index is 3.03. The van der Waals surface area contributed by atoms with Gasteiger partial charge in [-0.05, 0) is 25.0 Å². The molecule has 1 aromatic rings. The number of aliphatic hydroxyl groups is 1. The van der Waals surface area contributed by atoms with Gasteiger partial charge in [-0.15, -0.1) is 11.6 Å². The summed E-state index contributed by atoms with van der Waals surface area (Å²) in [7, 11) is 1.65. The summed E-state index contributed by atoms with van der Waals surface area (Å²) in [5.74, 6) is 1.10. The van der Waals surface area contributed by atoms with Crippen molar-refractivity contribution in [2.75, 3.05) is 13.0 Å². The molecule has 1 rings (SSSR count). The van der Waals surface area contributed by atoms with Crippen LogP contribution >= 0.6 is 11.6 Å². The number of ether oxygens (including phenoxy) is 1. The number of benzene rings is 1. The molecule has 0 aromatic heterocycles. The molecule has 0 heterocycles. The summed E-state index contributed by atoms with van der Waals surface area (Å²) in [6.45, 7) is 4.03. The highest BCUT2D eigenvalue weighted by Gasteiger charge is 2.11. The molecule has 3 heteroatoms. The topological polar surface area (TPSA) is 29.5 Å². The second-order valence-corrected chi connectivity index (χ2v) is 4.10. The van der Waals surface area contributed by atoms with Crippen LogP contribution in [0.1, 0.15) is 16.7 Å². The lowest BCUT2D eigenvalue weighted by atomic mass is 10.0. The van der Waals surface area contributed by atoms with Crippen LogP contribution in [0, 0.1) is 13.8 Å². The molecule has 1 aromatic carbocycles. The van der Waals surface area contributed by atoms with Crippen LogP contribution in [0.3, 0.4) is 0 Å². The fourth-order valence-corrected chi connectivity index (χ4v) is 1.90. The molecule has 0 fully saturated rings. The maximum absolute atomic E-state index is 9.53. The van der Waals surface area contributed by atoms with E-state index in [2.05, 4.69) is 6.07 Å². The number of halogens is 1. The highest BCUT2D eigenvalue weighted by molar-refractivity contribution is 6.18. The standard InChI is InChI=1S/C12H17ClO2/c1-8-4-9(2)12(15-3)10(5-8)6-11(14)7-13/h4-5,11,14H,6-7H2,1-3H3. The van der Waals surface area contributed by atoms with Crippen molar-refractivity contribution >= 4 is 11.6 Å². The lowest BCUT2D eigenvalue weighted by molar-refractivity contribution is 0.197. The van der Waals surface area contributed by atoms with Crippen LogP contribution in [-0.4, -0.2) is 24.2 Å². The third-order valence-electron chi connectivity index (χ3n) is 2.33. The molecule has 0 amide bonds. The third-order valence-corrected chi connectivity index (χ3v) is 2.69. The molecular formula is C12H17ClO2. The number of methoxy groups -OCH3 is 1.